The van der Waals surface area contributed by atoms with Gasteiger partial charge < -0.3 is 15.0 Å². The molecule has 1 unspecified atom stereocenters. The molecular weight excluding hydrogens is 400 g/mol. The first-order valence-corrected chi connectivity index (χ1v) is 11.1. The molecule has 1 aliphatic heterocycles. The van der Waals surface area contributed by atoms with Crippen LogP contribution in [0.1, 0.15) is 33.7 Å². The molecule has 1 saturated heterocycles. The van der Waals surface area contributed by atoms with E-state index in [0.717, 1.165) is 48.4 Å². The van der Waals surface area contributed by atoms with E-state index in [0.29, 0.717) is 44.6 Å². The Morgan fingerprint density at radius 1 is 1.33 bits per heavy atom. The fraction of sp³-hybridized carbons (Fsp3) is 0.478. The summed E-state index contributed by atoms with van der Waals surface area (Å²) in [5.41, 5.74) is 4.03. The molecule has 1 amide bonds. The summed E-state index contributed by atoms with van der Waals surface area (Å²) in [6, 6.07) is 8.31. The van der Waals surface area contributed by atoms with Crippen LogP contribution in [0.15, 0.2) is 36.9 Å². The summed E-state index contributed by atoms with van der Waals surface area (Å²) in [6.07, 6.45) is 5.49. The highest BCUT2D eigenvalue weighted by Gasteiger charge is 2.31. The first kappa shape index (κ1) is 21.1. The maximum absolute atomic E-state index is 13.2. The molecule has 30 heavy (non-hydrogen) atoms. The monoisotopic (exact) mass is 428 g/mol. The lowest BCUT2D eigenvalue weighted by Gasteiger charge is -2.28. The highest BCUT2D eigenvalue weighted by atomic mass is 35.5. The number of aromatic nitrogens is 2. The van der Waals surface area contributed by atoms with Crippen molar-refractivity contribution in [1.82, 2.24) is 20.0 Å². The summed E-state index contributed by atoms with van der Waals surface area (Å²) in [5, 5.41) is 9.18. The van der Waals surface area contributed by atoms with Crippen molar-refractivity contribution >= 4 is 17.5 Å². The van der Waals surface area contributed by atoms with Crippen molar-refractivity contribution in [2.75, 3.05) is 32.8 Å². The van der Waals surface area contributed by atoms with Gasteiger partial charge in [0.2, 0.25) is 0 Å². The van der Waals surface area contributed by atoms with Crippen LogP contribution in [0.5, 0.6) is 0 Å². The van der Waals surface area contributed by atoms with Crippen LogP contribution in [-0.4, -0.2) is 59.5 Å². The smallest absolute Gasteiger partial charge is 0.274 e. The Bertz CT molecular complexity index is 905. The second-order valence-electron chi connectivity index (χ2n) is 7.88. The van der Waals surface area contributed by atoms with Gasteiger partial charge in [-0.1, -0.05) is 35.9 Å². The second kappa shape index (κ2) is 9.77. The molecule has 0 saturated carbocycles. The summed E-state index contributed by atoms with van der Waals surface area (Å²) in [4.78, 5) is 15.0. The van der Waals surface area contributed by atoms with Crippen molar-refractivity contribution in [3.8, 4) is 0 Å². The van der Waals surface area contributed by atoms with Crippen molar-refractivity contribution in [1.29, 1.82) is 0 Å². The predicted molar refractivity (Wildman–Crippen MR) is 118 cm³/mol. The van der Waals surface area contributed by atoms with Gasteiger partial charge in [0.1, 0.15) is 0 Å². The highest BCUT2D eigenvalue weighted by molar-refractivity contribution is 6.31. The minimum absolute atomic E-state index is 0.0223. The van der Waals surface area contributed by atoms with Crippen LogP contribution in [-0.2, 0) is 30.5 Å². The van der Waals surface area contributed by atoms with E-state index in [1.54, 1.807) is 0 Å². The molecule has 2 aromatic rings. The summed E-state index contributed by atoms with van der Waals surface area (Å²) < 4.78 is 7.35. The van der Waals surface area contributed by atoms with Crippen LogP contribution in [0.2, 0.25) is 5.02 Å². The predicted octanol–water partition coefficient (Wildman–Crippen LogP) is 2.88. The summed E-state index contributed by atoms with van der Waals surface area (Å²) in [5.74, 6) is 0.0223. The van der Waals surface area contributed by atoms with Gasteiger partial charge >= 0.3 is 0 Å². The molecule has 2 aliphatic rings. The van der Waals surface area contributed by atoms with E-state index >= 15 is 0 Å². The molecular formula is C23H29ClN4O2. The van der Waals surface area contributed by atoms with Crippen molar-refractivity contribution in [2.24, 2.45) is 0 Å². The van der Waals surface area contributed by atoms with Gasteiger partial charge in [-0.25, -0.2) is 0 Å². The van der Waals surface area contributed by atoms with Crippen molar-refractivity contribution < 1.29 is 9.53 Å². The van der Waals surface area contributed by atoms with Crippen LogP contribution in [0.3, 0.4) is 0 Å². The Balaban J connectivity index is 1.46. The van der Waals surface area contributed by atoms with E-state index in [4.69, 9.17) is 21.4 Å². The number of rotatable bonds is 7. The van der Waals surface area contributed by atoms with Crippen molar-refractivity contribution in [3.05, 3.63) is 64.5 Å². The average molecular weight is 429 g/mol. The number of ether oxygens (including phenoxy) is 1. The molecule has 2 heterocycles. The molecule has 0 radical (unpaired) electrons. The minimum atomic E-state index is 0.0223. The Morgan fingerprint density at radius 3 is 2.90 bits per heavy atom. The number of morpholine rings is 1. The summed E-state index contributed by atoms with van der Waals surface area (Å²) in [7, 11) is 0. The number of fused-ring (bicyclic) bond motifs is 1. The second-order valence-corrected chi connectivity index (χ2v) is 8.29. The van der Waals surface area contributed by atoms with E-state index in [9.17, 15) is 4.79 Å². The fourth-order valence-electron chi connectivity index (χ4n) is 4.34. The normalized spacial score (nSPS) is 18.8. The first-order chi connectivity index (χ1) is 14.7. The SMILES string of the molecule is C=CCn1nc(C(=O)N2CCOCC2)c2c1CCC(NCCc1ccccc1Cl)C2. The van der Waals surface area contributed by atoms with Crippen LogP contribution < -0.4 is 5.32 Å². The third-order valence-electron chi connectivity index (χ3n) is 5.93. The van der Waals surface area contributed by atoms with Gasteiger partial charge in [0.15, 0.2) is 5.69 Å². The van der Waals surface area contributed by atoms with Crippen LogP contribution >= 0.6 is 11.6 Å². The number of carbonyl (C=O) groups is 1. The Kier molecular flexibility index (Phi) is 6.87. The van der Waals surface area contributed by atoms with E-state index in [-0.39, 0.29) is 5.91 Å². The number of amides is 1. The van der Waals surface area contributed by atoms with E-state index in [2.05, 4.69) is 18.0 Å². The molecule has 1 aromatic heterocycles. The number of carbonyl (C=O) groups excluding carboxylic acids is 1. The zero-order valence-electron chi connectivity index (χ0n) is 17.3. The number of benzene rings is 1. The number of halogens is 1. The summed E-state index contributed by atoms with van der Waals surface area (Å²) in [6.45, 7) is 7.77. The van der Waals surface area contributed by atoms with Gasteiger partial charge in [-0.15, -0.1) is 6.58 Å². The average Bonchev–Trinajstić information content (AvgIpc) is 3.13. The van der Waals surface area contributed by atoms with Crippen molar-refractivity contribution in [3.63, 3.8) is 0 Å². The molecule has 7 heteroatoms. The molecule has 6 nitrogen and oxygen atoms in total. The van der Waals surface area contributed by atoms with Gasteiger partial charge in [0.25, 0.3) is 5.91 Å². The molecule has 4 rings (SSSR count). The number of allylic oxidation sites excluding steroid dienone is 1. The van der Waals surface area contributed by atoms with Crippen molar-refractivity contribution in [2.45, 2.75) is 38.3 Å². The van der Waals surface area contributed by atoms with Gasteiger partial charge in [-0.3, -0.25) is 9.48 Å². The Morgan fingerprint density at radius 2 is 2.13 bits per heavy atom. The highest BCUT2D eigenvalue weighted by Crippen LogP contribution is 2.26. The minimum Gasteiger partial charge on any atom is -0.378 e. The van der Waals surface area contributed by atoms with E-state index < -0.39 is 0 Å². The lowest BCUT2D eigenvalue weighted by molar-refractivity contribution is 0.0297. The Labute approximate surface area is 182 Å². The zero-order valence-corrected chi connectivity index (χ0v) is 18.0. The lowest BCUT2D eigenvalue weighted by atomic mass is 9.91. The quantitative estimate of drug-likeness (QED) is 0.689. The maximum atomic E-state index is 13.2. The van der Waals surface area contributed by atoms with Crippen LogP contribution in [0.4, 0.5) is 0 Å². The number of nitrogens with zero attached hydrogens (tertiary/aromatic N) is 3. The Hall–Kier alpha value is -2.15. The lowest BCUT2D eigenvalue weighted by Crippen LogP contribution is -2.42. The van der Waals surface area contributed by atoms with Gasteiger partial charge in [0.05, 0.1) is 19.8 Å². The number of hydrogen-bond donors (Lipinski definition) is 1. The van der Waals surface area contributed by atoms with Gasteiger partial charge in [-0.05, 0) is 43.9 Å². The largest absolute Gasteiger partial charge is 0.378 e. The third-order valence-corrected chi connectivity index (χ3v) is 6.30. The van der Waals surface area contributed by atoms with E-state index in [1.165, 1.54) is 5.69 Å². The number of hydrogen-bond acceptors (Lipinski definition) is 4. The number of nitrogens with one attached hydrogen (secondary N) is 1. The van der Waals surface area contributed by atoms with Gasteiger partial charge in [0, 0.05) is 35.4 Å². The molecule has 0 spiro atoms. The first-order valence-electron chi connectivity index (χ1n) is 10.7. The zero-order chi connectivity index (χ0) is 20.9. The molecule has 1 N–H and O–H groups in total. The molecule has 160 valence electrons. The third kappa shape index (κ3) is 4.61. The van der Waals surface area contributed by atoms with Crippen LogP contribution in [0.25, 0.3) is 0 Å². The van der Waals surface area contributed by atoms with Gasteiger partial charge in [-0.2, -0.15) is 5.10 Å². The standard InChI is InChI=1S/C23H29ClN4O2/c1-2-11-28-21-8-7-18(25-10-9-17-5-3-4-6-20(17)24)16-19(21)22(26-28)23(29)27-12-14-30-15-13-27/h2-6,18,25H,1,7-16H2. The molecule has 1 fully saturated rings. The topological polar surface area (TPSA) is 59.4 Å². The fourth-order valence-corrected chi connectivity index (χ4v) is 4.57. The molecule has 1 atom stereocenters. The van der Waals surface area contributed by atoms with E-state index in [1.807, 2.05) is 33.9 Å². The van der Waals surface area contributed by atoms with Crippen LogP contribution in [0, 0.1) is 0 Å². The molecule has 1 aliphatic carbocycles. The molecule has 1 aromatic carbocycles. The maximum Gasteiger partial charge on any atom is 0.274 e. The molecule has 0 bridgehead atoms. The summed E-state index contributed by atoms with van der Waals surface area (Å²) >= 11 is 6.28.